The van der Waals surface area contributed by atoms with Gasteiger partial charge in [0.15, 0.2) is 0 Å². The Morgan fingerprint density at radius 1 is 1.27 bits per heavy atom. The molecule has 0 unspecified atom stereocenters. The third-order valence-electron chi connectivity index (χ3n) is 2.09. The molecule has 0 saturated carbocycles. The van der Waals surface area contributed by atoms with Gasteiger partial charge in [-0.25, -0.2) is 0 Å². The zero-order chi connectivity index (χ0) is 10.7. The molecule has 0 spiro atoms. The summed E-state index contributed by atoms with van der Waals surface area (Å²) < 4.78 is 0.525. The number of aromatic nitrogens is 2. The summed E-state index contributed by atoms with van der Waals surface area (Å²) in [6.45, 7) is 0. The molecule has 1 heterocycles. The predicted octanol–water partition coefficient (Wildman–Crippen LogP) is 0.154. The molecule has 75 valence electrons. The molecule has 15 heavy (non-hydrogen) atoms. The van der Waals surface area contributed by atoms with Crippen LogP contribution in [0.2, 0.25) is 0 Å². The minimum atomic E-state index is -0.0809. The maximum absolute atomic E-state index is 11.5. The van der Waals surface area contributed by atoms with E-state index in [1.165, 1.54) is 0 Å². The third kappa shape index (κ3) is 2.55. The van der Waals surface area contributed by atoms with E-state index in [1.807, 2.05) is 30.3 Å². The predicted molar refractivity (Wildman–Crippen MR) is 59.5 cm³/mol. The Hall–Kier alpha value is -1.38. The zero-order valence-electron chi connectivity index (χ0n) is 7.93. The number of H-pyrrole nitrogens is 1. The molecule has 0 aliphatic carbocycles. The Morgan fingerprint density at radius 3 is 2.67 bits per heavy atom. The molecule has 0 aliphatic heterocycles. The molecule has 0 aliphatic rings. The van der Waals surface area contributed by atoms with E-state index in [4.69, 9.17) is 0 Å². The number of nitrogens with one attached hydrogen (secondary N) is 1. The molecule has 1 N–H and O–H groups in total. The normalized spacial score (nSPS) is 10.1. The fraction of sp³-hybridized carbons (Fsp3) is 0.0909. The Kier molecular flexibility index (Phi) is 2.99. The van der Waals surface area contributed by atoms with Crippen LogP contribution in [0.1, 0.15) is 11.1 Å². The quantitative estimate of drug-likeness (QED) is 0.785. The molecule has 1 radical (unpaired) electrons. The van der Waals surface area contributed by atoms with Crippen LogP contribution in [0.4, 0.5) is 0 Å². The average molecular weight is 264 g/mol. The molecule has 0 bridgehead atoms. The van der Waals surface area contributed by atoms with Crippen LogP contribution in [0.25, 0.3) is 0 Å². The first-order valence-electron chi connectivity index (χ1n) is 4.55. The fourth-order valence-electron chi connectivity index (χ4n) is 1.35. The van der Waals surface area contributed by atoms with Crippen LogP contribution in [0.15, 0.2) is 41.3 Å². The summed E-state index contributed by atoms with van der Waals surface area (Å²) in [4.78, 5) is 18.2. The number of benzene rings is 1. The Morgan fingerprint density at radius 2 is 2.00 bits per heavy atom. The first-order valence-corrected chi connectivity index (χ1v) is 5.40. The van der Waals surface area contributed by atoms with E-state index >= 15 is 0 Å². The van der Waals surface area contributed by atoms with Crippen LogP contribution in [0, 0.1) is 0 Å². The van der Waals surface area contributed by atoms with Crippen molar-refractivity contribution < 1.29 is 0 Å². The molecule has 0 amide bonds. The van der Waals surface area contributed by atoms with Crippen molar-refractivity contribution in [3.8, 4) is 0 Å². The van der Waals surface area contributed by atoms with E-state index < -0.39 is 0 Å². The van der Waals surface area contributed by atoms with Gasteiger partial charge in [0.05, 0.1) is 0 Å². The monoisotopic (exact) mass is 265 g/mol. The van der Waals surface area contributed by atoms with Crippen LogP contribution in [0.3, 0.4) is 0 Å². The van der Waals surface area contributed by atoms with Crippen LogP contribution >= 0.6 is 0 Å². The molecule has 1 aromatic heterocycles. The number of aromatic amines is 1. The van der Waals surface area contributed by atoms with Gasteiger partial charge in [0.25, 0.3) is 0 Å². The second-order valence-electron chi connectivity index (χ2n) is 3.21. The van der Waals surface area contributed by atoms with Gasteiger partial charge in [-0.1, -0.05) is 0 Å². The first kappa shape index (κ1) is 10.1. The van der Waals surface area contributed by atoms with Crippen molar-refractivity contribution in [1.82, 2.24) is 9.97 Å². The summed E-state index contributed by atoms with van der Waals surface area (Å²) in [5.74, 6) is 0. The van der Waals surface area contributed by atoms with E-state index in [-0.39, 0.29) is 5.56 Å². The zero-order valence-corrected chi connectivity index (χ0v) is 9.65. The topological polar surface area (TPSA) is 45.8 Å². The molecular weight excluding hydrogens is 255 g/mol. The molecule has 3 nitrogen and oxygen atoms in total. The summed E-state index contributed by atoms with van der Waals surface area (Å²) >= 11 is 2.67. The van der Waals surface area contributed by atoms with Crippen molar-refractivity contribution in [2.45, 2.75) is 6.42 Å². The molecular formula is C11H9N2OSe. The van der Waals surface area contributed by atoms with Gasteiger partial charge in [0, 0.05) is 0 Å². The van der Waals surface area contributed by atoms with Gasteiger partial charge in [0.1, 0.15) is 0 Å². The van der Waals surface area contributed by atoms with Crippen molar-refractivity contribution in [2.75, 3.05) is 0 Å². The Balaban J connectivity index is 2.29. The fourth-order valence-corrected chi connectivity index (χ4v) is 1.65. The van der Waals surface area contributed by atoms with Crippen molar-refractivity contribution >= 4 is 20.7 Å². The molecule has 4 heteroatoms. The molecule has 1 aromatic carbocycles. The summed E-state index contributed by atoms with van der Waals surface area (Å²) in [6, 6.07) is 9.85. The van der Waals surface area contributed by atoms with Gasteiger partial charge < -0.3 is 0 Å². The van der Waals surface area contributed by atoms with Gasteiger partial charge in [-0.05, 0) is 0 Å². The molecule has 2 rings (SSSR count). The summed E-state index contributed by atoms with van der Waals surface area (Å²) in [6.07, 6.45) is 2.22. The number of rotatable bonds is 2. The minimum absolute atomic E-state index is 0.0809. The van der Waals surface area contributed by atoms with E-state index in [0.29, 0.717) is 16.7 Å². The number of hydrogen-bond donors (Lipinski definition) is 1. The van der Waals surface area contributed by atoms with E-state index in [9.17, 15) is 4.79 Å². The van der Waals surface area contributed by atoms with Crippen molar-refractivity contribution in [3.63, 3.8) is 0 Å². The van der Waals surface area contributed by atoms with Crippen molar-refractivity contribution in [1.29, 1.82) is 0 Å². The van der Waals surface area contributed by atoms with E-state index in [1.54, 1.807) is 6.20 Å². The second-order valence-corrected chi connectivity index (χ2v) is 4.02. The maximum atomic E-state index is 11.5. The average Bonchev–Trinajstić information content (AvgIpc) is 2.24. The number of hydrogen-bond acceptors (Lipinski definition) is 2. The van der Waals surface area contributed by atoms with Crippen LogP contribution in [-0.4, -0.2) is 26.0 Å². The van der Waals surface area contributed by atoms with E-state index in [0.717, 1.165) is 5.56 Å². The van der Waals surface area contributed by atoms with Crippen LogP contribution in [-0.2, 0) is 6.42 Å². The first-order chi connectivity index (χ1) is 7.25. The second kappa shape index (κ2) is 4.43. The Labute approximate surface area is 95.4 Å². The SMILES string of the molecule is O=c1[nH]c([Se])ncc1Cc1ccccc1. The van der Waals surface area contributed by atoms with Gasteiger partial charge in [-0.3, -0.25) is 0 Å². The van der Waals surface area contributed by atoms with E-state index in [2.05, 4.69) is 26.0 Å². The van der Waals surface area contributed by atoms with Gasteiger partial charge in [0.2, 0.25) is 0 Å². The summed E-state index contributed by atoms with van der Waals surface area (Å²) in [5.41, 5.74) is 1.71. The summed E-state index contributed by atoms with van der Waals surface area (Å²) in [5, 5.41) is 0. The standard InChI is InChI=1S/C11H9N2OSe/c14-10-9(7-12-11(15)13-10)6-8-4-2-1-3-5-8/h1-5,7H,6H2,(H,12,13,14). The molecule has 0 saturated heterocycles. The van der Waals surface area contributed by atoms with Gasteiger partial charge >= 0.3 is 95.1 Å². The molecule has 0 atom stereocenters. The van der Waals surface area contributed by atoms with Gasteiger partial charge in [-0.15, -0.1) is 0 Å². The molecule has 2 aromatic rings. The molecule has 0 fully saturated rings. The van der Waals surface area contributed by atoms with Crippen molar-refractivity contribution in [2.24, 2.45) is 0 Å². The van der Waals surface area contributed by atoms with Crippen LogP contribution < -0.4 is 10.3 Å². The van der Waals surface area contributed by atoms with Crippen molar-refractivity contribution in [3.05, 3.63) is 58.0 Å². The van der Waals surface area contributed by atoms with Crippen LogP contribution in [0.5, 0.6) is 0 Å². The Bertz CT molecular complexity index is 507. The third-order valence-corrected chi connectivity index (χ3v) is 2.52. The van der Waals surface area contributed by atoms with Gasteiger partial charge in [-0.2, -0.15) is 0 Å². The number of nitrogens with zero attached hydrogens (tertiary/aromatic N) is 1. The summed E-state index contributed by atoms with van der Waals surface area (Å²) in [7, 11) is 0.